The third kappa shape index (κ3) is 5.43. The van der Waals surface area contributed by atoms with Crippen LogP contribution in [0.15, 0.2) is 48.5 Å². The van der Waals surface area contributed by atoms with Crippen molar-refractivity contribution in [2.24, 2.45) is 0 Å². The standard InChI is InChI=1S/C22H22ClN3O3/c1-28-21-16-17(2-8-20(21)29-15-10-24)3-9-22(27)26-13-11-25(12-14-26)19-6-4-18(23)5-7-19/h2-9,16H,11-15H2,1H3/b9-3+. The highest BCUT2D eigenvalue weighted by molar-refractivity contribution is 6.30. The first-order valence-electron chi connectivity index (χ1n) is 9.26. The van der Waals surface area contributed by atoms with E-state index >= 15 is 0 Å². The van der Waals surface area contributed by atoms with Gasteiger partial charge in [0.2, 0.25) is 5.91 Å². The summed E-state index contributed by atoms with van der Waals surface area (Å²) in [6.45, 7) is 2.83. The van der Waals surface area contributed by atoms with E-state index in [1.807, 2.05) is 41.3 Å². The molecule has 0 spiro atoms. The van der Waals surface area contributed by atoms with Crippen molar-refractivity contribution in [3.05, 3.63) is 59.1 Å². The molecule has 29 heavy (non-hydrogen) atoms. The number of anilines is 1. The van der Waals surface area contributed by atoms with Crippen LogP contribution in [0.25, 0.3) is 6.08 Å². The van der Waals surface area contributed by atoms with E-state index in [0.29, 0.717) is 29.6 Å². The lowest BCUT2D eigenvalue weighted by Crippen LogP contribution is -2.48. The van der Waals surface area contributed by atoms with Crippen molar-refractivity contribution < 1.29 is 14.3 Å². The van der Waals surface area contributed by atoms with Crippen molar-refractivity contribution >= 4 is 29.3 Å². The summed E-state index contributed by atoms with van der Waals surface area (Å²) in [7, 11) is 1.54. The third-order valence-corrected chi connectivity index (χ3v) is 4.93. The Morgan fingerprint density at radius 2 is 1.86 bits per heavy atom. The van der Waals surface area contributed by atoms with Gasteiger partial charge in [0.25, 0.3) is 0 Å². The Morgan fingerprint density at radius 1 is 1.14 bits per heavy atom. The molecule has 150 valence electrons. The van der Waals surface area contributed by atoms with Crippen LogP contribution in [0.2, 0.25) is 5.02 Å². The predicted octanol–water partition coefficient (Wildman–Crippen LogP) is 3.61. The molecule has 2 aromatic carbocycles. The molecule has 0 bridgehead atoms. The van der Waals surface area contributed by atoms with Gasteiger partial charge in [-0.25, -0.2) is 0 Å². The second-order valence-electron chi connectivity index (χ2n) is 6.48. The van der Waals surface area contributed by atoms with Crippen LogP contribution in [0, 0.1) is 11.3 Å². The van der Waals surface area contributed by atoms with E-state index in [1.54, 1.807) is 24.3 Å². The van der Waals surface area contributed by atoms with E-state index in [-0.39, 0.29) is 12.5 Å². The number of carbonyl (C=O) groups excluding carboxylic acids is 1. The molecule has 0 saturated carbocycles. The largest absolute Gasteiger partial charge is 0.493 e. The lowest BCUT2D eigenvalue weighted by molar-refractivity contribution is -0.126. The zero-order chi connectivity index (χ0) is 20.6. The highest BCUT2D eigenvalue weighted by Crippen LogP contribution is 2.28. The molecule has 6 nitrogen and oxygen atoms in total. The van der Waals surface area contributed by atoms with E-state index < -0.39 is 0 Å². The molecule has 1 amide bonds. The van der Waals surface area contributed by atoms with Crippen molar-refractivity contribution in [2.45, 2.75) is 0 Å². The van der Waals surface area contributed by atoms with Crippen molar-refractivity contribution in [2.75, 3.05) is 44.8 Å². The molecule has 1 saturated heterocycles. The molecule has 2 aromatic rings. The summed E-state index contributed by atoms with van der Waals surface area (Å²) in [5, 5.41) is 9.35. The van der Waals surface area contributed by atoms with Crippen LogP contribution in [0.1, 0.15) is 5.56 Å². The number of nitrogens with zero attached hydrogens (tertiary/aromatic N) is 3. The maximum absolute atomic E-state index is 12.5. The number of amides is 1. The Bertz CT molecular complexity index is 914. The van der Waals surface area contributed by atoms with Crippen LogP contribution >= 0.6 is 11.6 Å². The van der Waals surface area contributed by atoms with Crippen molar-refractivity contribution in [1.29, 1.82) is 5.26 Å². The summed E-state index contributed by atoms with van der Waals surface area (Å²) < 4.78 is 10.6. The first kappa shape index (κ1) is 20.6. The predicted molar refractivity (Wildman–Crippen MR) is 113 cm³/mol. The summed E-state index contributed by atoms with van der Waals surface area (Å²) in [5.41, 5.74) is 1.93. The fourth-order valence-corrected chi connectivity index (χ4v) is 3.25. The Balaban J connectivity index is 1.57. The van der Waals surface area contributed by atoms with Gasteiger partial charge in [-0.05, 0) is 48.0 Å². The number of benzene rings is 2. The first-order chi connectivity index (χ1) is 14.1. The highest BCUT2D eigenvalue weighted by atomic mass is 35.5. The van der Waals surface area contributed by atoms with Crippen molar-refractivity contribution in [3.8, 4) is 17.6 Å². The normalized spacial score (nSPS) is 14.0. The molecule has 0 N–H and O–H groups in total. The molecule has 0 unspecified atom stereocenters. The maximum Gasteiger partial charge on any atom is 0.246 e. The van der Waals surface area contributed by atoms with Gasteiger partial charge in [0, 0.05) is 43.0 Å². The lowest BCUT2D eigenvalue weighted by Gasteiger charge is -2.35. The van der Waals surface area contributed by atoms with Crippen LogP contribution in [-0.4, -0.2) is 50.7 Å². The van der Waals surface area contributed by atoms with E-state index in [9.17, 15) is 4.79 Å². The number of hydrogen-bond donors (Lipinski definition) is 0. The SMILES string of the molecule is COc1cc(/C=C/C(=O)N2CCN(c3ccc(Cl)cc3)CC2)ccc1OCC#N. The minimum atomic E-state index is -0.0496. The van der Waals surface area contributed by atoms with Gasteiger partial charge in [0.1, 0.15) is 6.07 Å². The number of ether oxygens (including phenoxy) is 2. The Morgan fingerprint density at radius 3 is 2.52 bits per heavy atom. The number of nitriles is 1. The van der Waals surface area contributed by atoms with E-state index in [4.69, 9.17) is 26.3 Å². The average Bonchev–Trinajstić information content (AvgIpc) is 2.77. The Labute approximate surface area is 175 Å². The van der Waals surface area contributed by atoms with Gasteiger partial charge in [-0.1, -0.05) is 17.7 Å². The van der Waals surface area contributed by atoms with Crippen molar-refractivity contribution in [1.82, 2.24) is 4.90 Å². The molecule has 1 aliphatic heterocycles. The number of rotatable bonds is 6. The minimum absolute atomic E-state index is 0.0236. The Kier molecular flexibility index (Phi) is 6.99. The molecular formula is C22H22ClN3O3. The smallest absolute Gasteiger partial charge is 0.246 e. The molecule has 1 aliphatic rings. The van der Waals surface area contributed by atoms with E-state index in [1.165, 1.54) is 7.11 Å². The van der Waals surface area contributed by atoms with Crippen LogP contribution < -0.4 is 14.4 Å². The van der Waals surface area contributed by atoms with E-state index in [2.05, 4.69) is 4.90 Å². The zero-order valence-electron chi connectivity index (χ0n) is 16.2. The number of hydrogen-bond acceptors (Lipinski definition) is 5. The van der Waals surface area contributed by atoms with Gasteiger partial charge in [0.15, 0.2) is 18.1 Å². The molecule has 1 fully saturated rings. The average molecular weight is 412 g/mol. The summed E-state index contributed by atoms with van der Waals surface area (Å²) in [5.74, 6) is 0.992. The van der Waals surface area contributed by atoms with Gasteiger partial charge >= 0.3 is 0 Å². The number of methoxy groups -OCH3 is 1. The first-order valence-corrected chi connectivity index (χ1v) is 9.64. The highest BCUT2D eigenvalue weighted by Gasteiger charge is 2.19. The fourth-order valence-electron chi connectivity index (χ4n) is 3.13. The number of halogens is 1. The van der Waals surface area contributed by atoms with Gasteiger partial charge in [-0.3, -0.25) is 4.79 Å². The van der Waals surface area contributed by atoms with Gasteiger partial charge in [-0.2, -0.15) is 5.26 Å². The minimum Gasteiger partial charge on any atom is -0.493 e. The molecule has 0 aliphatic carbocycles. The lowest BCUT2D eigenvalue weighted by atomic mass is 10.1. The van der Waals surface area contributed by atoms with Crippen LogP contribution in [0.4, 0.5) is 5.69 Å². The van der Waals surface area contributed by atoms with Gasteiger partial charge in [-0.15, -0.1) is 0 Å². The topological polar surface area (TPSA) is 65.8 Å². The van der Waals surface area contributed by atoms with Crippen LogP contribution in [0.5, 0.6) is 11.5 Å². The van der Waals surface area contributed by atoms with E-state index in [0.717, 1.165) is 24.3 Å². The second kappa shape index (κ2) is 9.85. The molecule has 0 atom stereocenters. The molecule has 0 radical (unpaired) electrons. The van der Waals surface area contributed by atoms with Gasteiger partial charge < -0.3 is 19.3 Å². The quantitative estimate of drug-likeness (QED) is 0.679. The molecular weight excluding hydrogens is 390 g/mol. The summed E-state index contributed by atoms with van der Waals surface area (Å²) in [6, 6.07) is 15.0. The summed E-state index contributed by atoms with van der Waals surface area (Å²) in [6.07, 6.45) is 3.33. The molecule has 0 aromatic heterocycles. The monoisotopic (exact) mass is 411 g/mol. The second-order valence-corrected chi connectivity index (χ2v) is 6.92. The maximum atomic E-state index is 12.5. The summed E-state index contributed by atoms with van der Waals surface area (Å²) >= 11 is 5.94. The van der Waals surface area contributed by atoms with Crippen LogP contribution in [-0.2, 0) is 4.79 Å². The Hall–Kier alpha value is -3.17. The number of piperazine rings is 1. The van der Waals surface area contributed by atoms with Gasteiger partial charge in [0.05, 0.1) is 7.11 Å². The third-order valence-electron chi connectivity index (χ3n) is 4.68. The fraction of sp³-hybridized carbons (Fsp3) is 0.273. The molecule has 7 heteroatoms. The van der Waals surface area contributed by atoms with Crippen LogP contribution in [0.3, 0.4) is 0 Å². The molecule has 3 rings (SSSR count). The zero-order valence-corrected chi connectivity index (χ0v) is 16.9. The molecule has 1 heterocycles. The number of carbonyl (C=O) groups is 1. The van der Waals surface area contributed by atoms with Crippen molar-refractivity contribution in [3.63, 3.8) is 0 Å². The summed E-state index contributed by atoms with van der Waals surface area (Å²) in [4.78, 5) is 16.6.